The molecule has 1 aromatic heterocycles. The van der Waals surface area contributed by atoms with E-state index >= 15 is 0 Å². The van der Waals surface area contributed by atoms with Crippen molar-refractivity contribution in [2.24, 2.45) is 0 Å². The van der Waals surface area contributed by atoms with Gasteiger partial charge in [-0.25, -0.2) is 4.98 Å². The molecule has 0 saturated carbocycles. The maximum atomic E-state index is 11.7. The van der Waals surface area contributed by atoms with E-state index in [9.17, 15) is 9.90 Å². The summed E-state index contributed by atoms with van der Waals surface area (Å²) in [5.41, 5.74) is 1.84. The molecule has 0 spiro atoms. The van der Waals surface area contributed by atoms with Crippen LogP contribution in [0.3, 0.4) is 0 Å². The predicted octanol–water partition coefficient (Wildman–Crippen LogP) is 2.82. The van der Waals surface area contributed by atoms with E-state index in [2.05, 4.69) is 9.97 Å². The number of aliphatic carboxylic acids is 1. The van der Waals surface area contributed by atoms with Crippen molar-refractivity contribution in [1.82, 2.24) is 9.97 Å². The van der Waals surface area contributed by atoms with Crippen LogP contribution in [0.4, 0.5) is 0 Å². The Hall–Kier alpha value is -3.02. The number of rotatable bonds is 6. The Morgan fingerprint density at radius 2 is 2.04 bits per heavy atom. The van der Waals surface area contributed by atoms with Gasteiger partial charge < -0.3 is 19.6 Å². The van der Waals surface area contributed by atoms with E-state index in [0.717, 1.165) is 0 Å². The molecule has 2 N–H and O–H groups in total. The van der Waals surface area contributed by atoms with E-state index in [1.807, 2.05) is 18.2 Å². The van der Waals surface area contributed by atoms with Crippen molar-refractivity contribution in [2.45, 2.75) is 5.92 Å². The zero-order valence-electron chi connectivity index (χ0n) is 12.5. The van der Waals surface area contributed by atoms with Crippen LogP contribution in [0.15, 0.2) is 48.8 Å². The van der Waals surface area contributed by atoms with Crippen LogP contribution in [0.2, 0.25) is 0 Å². The number of nitrogens with zero attached hydrogens (tertiary/aromatic N) is 1. The molecule has 0 aliphatic rings. The molecule has 3 rings (SSSR count). The highest BCUT2D eigenvalue weighted by Gasteiger charge is 2.25. The number of methoxy groups -OCH3 is 1. The number of carboxylic acid groups (broad SMARTS) is 1. The summed E-state index contributed by atoms with van der Waals surface area (Å²) in [6.45, 7) is 0.0215. The summed E-state index contributed by atoms with van der Waals surface area (Å²) < 4.78 is 10.9. The Morgan fingerprint density at radius 1 is 1.26 bits per heavy atom. The van der Waals surface area contributed by atoms with Crippen LogP contribution in [-0.2, 0) is 4.79 Å². The molecule has 0 amide bonds. The van der Waals surface area contributed by atoms with Gasteiger partial charge in [0, 0.05) is 0 Å². The first-order valence-corrected chi connectivity index (χ1v) is 7.11. The molecule has 0 aliphatic heterocycles. The Kier molecular flexibility index (Phi) is 4.14. The van der Waals surface area contributed by atoms with Crippen LogP contribution in [0.25, 0.3) is 11.0 Å². The predicted molar refractivity (Wildman–Crippen MR) is 85.0 cm³/mol. The van der Waals surface area contributed by atoms with Gasteiger partial charge in [-0.1, -0.05) is 24.3 Å². The zero-order valence-corrected chi connectivity index (χ0v) is 12.5. The Bertz CT molecular complexity index is 814. The zero-order chi connectivity index (χ0) is 16.2. The van der Waals surface area contributed by atoms with Crippen LogP contribution in [0, 0.1) is 0 Å². The van der Waals surface area contributed by atoms with Gasteiger partial charge in [-0.2, -0.15) is 0 Å². The molecule has 1 unspecified atom stereocenters. The molecule has 3 aromatic rings. The number of aromatic amines is 1. The maximum absolute atomic E-state index is 11.7. The van der Waals surface area contributed by atoms with Gasteiger partial charge in [0.05, 0.1) is 19.0 Å². The number of hydrogen-bond acceptors (Lipinski definition) is 4. The first-order valence-electron chi connectivity index (χ1n) is 7.11. The standard InChI is InChI=1S/C17H16N2O4/c1-22-14-8-7-12(15-16(14)19-10-18-15)13(17(20)21)9-23-11-5-3-2-4-6-11/h2-8,10,13H,9H2,1H3,(H,18,19)(H,20,21). The summed E-state index contributed by atoms with van der Waals surface area (Å²) in [5, 5.41) is 9.58. The second-order valence-electron chi connectivity index (χ2n) is 5.00. The maximum Gasteiger partial charge on any atom is 0.314 e. The van der Waals surface area contributed by atoms with Crippen molar-refractivity contribution < 1.29 is 19.4 Å². The number of imidazole rings is 1. The van der Waals surface area contributed by atoms with E-state index in [-0.39, 0.29) is 6.61 Å². The normalized spacial score (nSPS) is 12.0. The molecule has 23 heavy (non-hydrogen) atoms. The van der Waals surface area contributed by atoms with Gasteiger partial charge in [0.2, 0.25) is 0 Å². The lowest BCUT2D eigenvalue weighted by atomic mass is 9.98. The smallest absolute Gasteiger partial charge is 0.314 e. The summed E-state index contributed by atoms with van der Waals surface area (Å²) >= 11 is 0. The number of fused-ring (bicyclic) bond motifs is 1. The number of carbonyl (C=O) groups is 1. The minimum Gasteiger partial charge on any atom is -0.494 e. The lowest BCUT2D eigenvalue weighted by Crippen LogP contribution is -2.20. The fourth-order valence-corrected chi connectivity index (χ4v) is 2.47. The van der Waals surface area contributed by atoms with Crippen LogP contribution < -0.4 is 9.47 Å². The Labute approximate surface area is 132 Å². The third-order valence-corrected chi connectivity index (χ3v) is 3.63. The lowest BCUT2D eigenvalue weighted by Gasteiger charge is -2.15. The fraction of sp³-hybridized carbons (Fsp3) is 0.176. The number of ether oxygens (including phenoxy) is 2. The molecule has 0 fully saturated rings. The van der Waals surface area contributed by atoms with E-state index < -0.39 is 11.9 Å². The monoisotopic (exact) mass is 312 g/mol. The van der Waals surface area contributed by atoms with Gasteiger partial charge in [0.1, 0.15) is 29.5 Å². The topological polar surface area (TPSA) is 84.4 Å². The summed E-state index contributed by atoms with van der Waals surface area (Å²) in [7, 11) is 1.56. The van der Waals surface area contributed by atoms with Gasteiger partial charge in [-0.05, 0) is 23.8 Å². The van der Waals surface area contributed by atoms with Crippen molar-refractivity contribution in [3.8, 4) is 11.5 Å². The van der Waals surface area contributed by atoms with E-state index in [1.165, 1.54) is 6.33 Å². The average molecular weight is 312 g/mol. The first kappa shape index (κ1) is 14.9. The molecule has 118 valence electrons. The van der Waals surface area contributed by atoms with Gasteiger partial charge in [-0.3, -0.25) is 4.79 Å². The van der Waals surface area contributed by atoms with E-state index in [0.29, 0.717) is 28.1 Å². The minimum atomic E-state index is -0.963. The average Bonchev–Trinajstić information content (AvgIpc) is 3.05. The van der Waals surface area contributed by atoms with Gasteiger partial charge in [-0.15, -0.1) is 0 Å². The Balaban J connectivity index is 1.92. The highest BCUT2D eigenvalue weighted by Crippen LogP contribution is 2.30. The SMILES string of the molecule is COc1ccc(C(COc2ccccc2)C(=O)O)c2nc[nH]c12. The number of aromatic nitrogens is 2. The summed E-state index contributed by atoms with van der Waals surface area (Å²) in [6.07, 6.45) is 1.52. The highest BCUT2D eigenvalue weighted by molar-refractivity contribution is 5.89. The molecule has 0 aliphatic carbocycles. The third kappa shape index (κ3) is 2.96. The second-order valence-corrected chi connectivity index (χ2v) is 5.00. The molecule has 0 bridgehead atoms. The molecule has 2 aromatic carbocycles. The molecule has 6 nitrogen and oxygen atoms in total. The summed E-state index contributed by atoms with van der Waals surface area (Å²) in [5.74, 6) is -0.540. The van der Waals surface area contributed by atoms with Crippen molar-refractivity contribution in [3.05, 3.63) is 54.4 Å². The first-order chi connectivity index (χ1) is 11.2. The van der Waals surface area contributed by atoms with Crippen LogP contribution in [0.5, 0.6) is 11.5 Å². The summed E-state index contributed by atoms with van der Waals surface area (Å²) in [4.78, 5) is 18.9. The molecule has 0 radical (unpaired) electrons. The number of nitrogens with one attached hydrogen (secondary N) is 1. The Morgan fingerprint density at radius 3 is 2.74 bits per heavy atom. The van der Waals surface area contributed by atoms with Crippen LogP contribution >= 0.6 is 0 Å². The van der Waals surface area contributed by atoms with Crippen molar-refractivity contribution in [2.75, 3.05) is 13.7 Å². The summed E-state index contributed by atoms with van der Waals surface area (Å²) in [6, 6.07) is 12.6. The van der Waals surface area contributed by atoms with Crippen LogP contribution in [0.1, 0.15) is 11.5 Å². The molecule has 0 saturated heterocycles. The largest absolute Gasteiger partial charge is 0.494 e. The van der Waals surface area contributed by atoms with Gasteiger partial charge in [0.15, 0.2) is 0 Å². The van der Waals surface area contributed by atoms with E-state index in [4.69, 9.17) is 9.47 Å². The number of hydrogen-bond donors (Lipinski definition) is 2. The number of H-pyrrole nitrogens is 1. The molecule has 1 heterocycles. The third-order valence-electron chi connectivity index (χ3n) is 3.63. The molecular formula is C17H16N2O4. The molecule has 6 heteroatoms. The molecule has 1 atom stereocenters. The quantitative estimate of drug-likeness (QED) is 0.731. The number of benzene rings is 2. The van der Waals surface area contributed by atoms with Gasteiger partial charge >= 0.3 is 5.97 Å². The van der Waals surface area contributed by atoms with Gasteiger partial charge in [0.25, 0.3) is 0 Å². The lowest BCUT2D eigenvalue weighted by molar-refractivity contribution is -0.139. The van der Waals surface area contributed by atoms with E-state index in [1.54, 1.807) is 31.4 Å². The highest BCUT2D eigenvalue weighted by atomic mass is 16.5. The van der Waals surface area contributed by atoms with Crippen molar-refractivity contribution >= 4 is 17.0 Å². The van der Waals surface area contributed by atoms with Crippen LogP contribution in [-0.4, -0.2) is 34.8 Å². The number of carboxylic acids is 1. The van der Waals surface area contributed by atoms with Crippen molar-refractivity contribution in [3.63, 3.8) is 0 Å². The van der Waals surface area contributed by atoms with Crippen molar-refractivity contribution in [1.29, 1.82) is 0 Å². The number of para-hydroxylation sites is 1. The fourth-order valence-electron chi connectivity index (χ4n) is 2.47. The minimum absolute atomic E-state index is 0.0215. The second kappa shape index (κ2) is 6.39. The molecular weight excluding hydrogens is 296 g/mol.